The van der Waals surface area contributed by atoms with Crippen molar-refractivity contribution in [2.45, 2.75) is 12.4 Å². The molecule has 31 heavy (non-hydrogen) atoms. The van der Waals surface area contributed by atoms with Crippen molar-refractivity contribution in [1.29, 1.82) is 0 Å². The molecule has 0 bridgehead atoms. The summed E-state index contributed by atoms with van der Waals surface area (Å²) >= 11 is 0. The molecule has 3 aromatic rings. The van der Waals surface area contributed by atoms with Gasteiger partial charge in [0, 0.05) is 11.1 Å². The SMILES string of the molecule is O=c1c(O)c(-c2ccc(C(F)(F)F)cc2)cc(-c2ccc(C(F)(F)F)cc2)c(O)c1O. The second-order valence-corrected chi connectivity index (χ2v) is 6.50. The lowest BCUT2D eigenvalue weighted by molar-refractivity contribution is -0.138. The highest BCUT2D eigenvalue weighted by Crippen LogP contribution is 2.41. The van der Waals surface area contributed by atoms with Crippen LogP contribution in [0.4, 0.5) is 26.3 Å². The zero-order chi connectivity index (χ0) is 23.1. The van der Waals surface area contributed by atoms with Crippen LogP contribution in [0.25, 0.3) is 22.3 Å². The van der Waals surface area contributed by atoms with E-state index in [0.717, 1.165) is 30.3 Å². The van der Waals surface area contributed by atoms with Crippen LogP contribution in [0.5, 0.6) is 17.2 Å². The first-order chi connectivity index (χ1) is 14.3. The normalized spacial score (nSPS) is 12.1. The molecule has 0 amide bonds. The summed E-state index contributed by atoms with van der Waals surface area (Å²) in [7, 11) is 0. The lowest BCUT2D eigenvalue weighted by Gasteiger charge is -2.09. The molecule has 0 radical (unpaired) electrons. The highest BCUT2D eigenvalue weighted by molar-refractivity contribution is 5.81. The van der Waals surface area contributed by atoms with Crippen LogP contribution in [0.15, 0.2) is 59.4 Å². The second kappa shape index (κ2) is 7.53. The molecule has 3 N–H and O–H groups in total. The van der Waals surface area contributed by atoms with E-state index in [2.05, 4.69) is 0 Å². The predicted molar refractivity (Wildman–Crippen MR) is 98.6 cm³/mol. The fourth-order valence-corrected chi connectivity index (χ4v) is 2.87. The van der Waals surface area contributed by atoms with Gasteiger partial charge in [-0.15, -0.1) is 0 Å². The molecular formula is C21H12F6O4. The first kappa shape index (κ1) is 22.0. The van der Waals surface area contributed by atoms with Crippen molar-refractivity contribution in [1.82, 2.24) is 0 Å². The third-order valence-electron chi connectivity index (χ3n) is 4.50. The van der Waals surface area contributed by atoms with Gasteiger partial charge >= 0.3 is 12.4 Å². The van der Waals surface area contributed by atoms with Crippen molar-refractivity contribution in [3.63, 3.8) is 0 Å². The van der Waals surface area contributed by atoms with Crippen LogP contribution in [0.2, 0.25) is 0 Å². The Labute approximate surface area is 170 Å². The second-order valence-electron chi connectivity index (χ2n) is 6.50. The van der Waals surface area contributed by atoms with Gasteiger partial charge in [0.1, 0.15) is 0 Å². The molecular weight excluding hydrogens is 430 g/mol. The van der Waals surface area contributed by atoms with E-state index in [1.807, 2.05) is 0 Å². The Bertz CT molecular complexity index is 1180. The molecule has 0 saturated heterocycles. The number of aromatic hydroxyl groups is 3. The summed E-state index contributed by atoms with van der Waals surface area (Å²) in [5, 5.41) is 30.4. The topological polar surface area (TPSA) is 77.8 Å². The van der Waals surface area contributed by atoms with Crippen LogP contribution in [-0.2, 0) is 12.4 Å². The Hall–Kier alpha value is -3.69. The maximum Gasteiger partial charge on any atom is 0.416 e. The third kappa shape index (κ3) is 4.27. The molecule has 0 heterocycles. The molecule has 3 aromatic carbocycles. The van der Waals surface area contributed by atoms with Crippen LogP contribution in [0.1, 0.15) is 11.1 Å². The highest BCUT2D eigenvalue weighted by atomic mass is 19.4. The summed E-state index contributed by atoms with van der Waals surface area (Å²) in [6.07, 6.45) is -9.26. The number of hydrogen-bond donors (Lipinski definition) is 3. The maximum absolute atomic E-state index is 12.8. The van der Waals surface area contributed by atoms with E-state index >= 15 is 0 Å². The molecule has 0 saturated carbocycles. The Kier molecular flexibility index (Phi) is 5.35. The van der Waals surface area contributed by atoms with Gasteiger partial charge in [0.15, 0.2) is 11.5 Å². The molecule has 4 nitrogen and oxygen atoms in total. The minimum absolute atomic E-state index is 0.0519. The minimum atomic E-state index is -4.63. The van der Waals surface area contributed by atoms with E-state index in [1.165, 1.54) is 0 Å². The first-order valence-corrected chi connectivity index (χ1v) is 8.48. The van der Waals surface area contributed by atoms with Crippen molar-refractivity contribution < 1.29 is 41.7 Å². The van der Waals surface area contributed by atoms with E-state index in [1.54, 1.807) is 0 Å². The van der Waals surface area contributed by atoms with Crippen molar-refractivity contribution in [2.24, 2.45) is 0 Å². The Balaban J connectivity index is 2.24. The summed E-state index contributed by atoms with van der Waals surface area (Å²) in [6.45, 7) is 0. The van der Waals surface area contributed by atoms with Crippen molar-refractivity contribution >= 4 is 0 Å². The van der Waals surface area contributed by atoms with Gasteiger partial charge in [0.05, 0.1) is 11.1 Å². The summed E-state index contributed by atoms with van der Waals surface area (Å²) in [5.41, 5.74) is -4.18. The van der Waals surface area contributed by atoms with Gasteiger partial charge in [0.2, 0.25) is 5.75 Å². The molecule has 0 aliphatic heterocycles. The molecule has 0 fully saturated rings. The van der Waals surface area contributed by atoms with Gasteiger partial charge in [-0.2, -0.15) is 26.3 Å². The molecule has 0 aromatic heterocycles. The van der Waals surface area contributed by atoms with Gasteiger partial charge in [-0.1, -0.05) is 24.3 Å². The lowest BCUT2D eigenvalue weighted by atomic mass is 10.00. The van der Waals surface area contributed by atoms with Crippen LogP contribution < -0.4 is 5.43 Å². The zero-order valence-corrected chi connectivity index (χ0v) is 15.2. The highest BCUT2D eigenvalue weighted by Gasteiger charge is 2.31. The maximum atomic E-state index is 12.8. The van der Waals surface area contributed by atoms with Gasteiger partial charge < -0.3 is 15.3 Å². The summed E-state index contributed by atoms with van der Waals surface area (Å²) < 4.78 is 76.7. The van der Waals surface area contributed by atoms with Gasteiger partial charge in [-0.05, 0) is 41.5 Å². The van der Waals surface area contributed by atoms with E-state index in [-0.39, 0.29) is 22.3 Å². The van der Waals surface area contributed by atoms with E-state index in [9.17, 15) is 46.5 Å². The van der Waals surface area contributed by atoms with E-state index in [4.69, 9.17) is 0 Å². The van der Waals surface area contributed by atoms with Crippen molar-refractivity contribution in [3.8, 4) is 39.5 Å². The number of benzene rings is 2. The lowest BCUT2D eigenvalue weighted by Crippen LogP contribution is -2.04. The van der Waals surface area contributed by atoms with E-state index < -0.39 is 46.2 Å². The largest absolute Gasteiger partial charge is 0.504 e. The average molecular weight is 442 g/mol. The van der Waals surface area contributed by atoms with Crippen LogP contribution in [0, 0.1) is 0 Å². The van der Waals surface area contributed by atoms with Gasteiger partial charge in [0.25, 0.3) is 5.43 Å². The standard InChI is InChI=1S/C21H12F6O4/c22-20(23,24)12-5-1-10(2-6-12)14-9-15(17(29)19(31)18(30)16(14)28)11-3-7-13(8-4-11)21(25,26)27/h1-9H,(H3,28,29,30,31). The molecule has 162 valence electrons. The fraction of sp³-hybridized carbons (Fsp3) is 0.0952. The number of rotatable bonds is 2. The molecule has 3 rings (SSSR count). The van der Waals surface area contributed by atoms with Crippen molar-refractivity contribution in [3.05, 3.63) is 75.9 Å². The van der Waals surface area contributed by atoms with E-state index in [0.29, 0.717) is 24.3 Å². The third-order valence-corrected chi connectivity index (χ3v) is 4.50. The first-order valence-electron chi connectivity index (χ1n) is 8.48. The zero-order valence-electron chi connectivity index (χ0n) is 15.2. The van der Waals surface area contributed by atoms with Crippen LogP contribution >= 0.6 is 0 Å². The fourth-order valence-electron chi connectivity index (χ4n) is 2.87. The smallest absolute Gasteiger partial charge is 0.416 e. The number of hydrogen-bond acceptors (Lipinski definition) is 4. The van der Waals surface area contributed by atoms with Crippen molar-refractivity contribution in [2.75, 3.05) is 0 Å². The molecule has 0 unspecified atom stereocenters. The summed E-state index contributed by atoms with van der Waals surface area (Å²) in [4.78, 5) is 12.2. The predicted octanol–water partition coefficient (Wildman–Crippen LogP) is 5.54. The molecule has 0 aliphatic carbocycles. The summed E-state index contributed by atoms with van der Waals surface area (Å²) in [5.74, 6) is -3.35. The van der Waals surface area contributed by atoms with Crippen LogP contribution in [0.3, 0.4) is 0 Å². The van der Waals surface area contributed by atoms with Gasteiger partial charge in [-0.3, -0.25) is 4.79 Å². The quantitative estimate of drug-likeness (QED) is 0.456. The molecule has 0 atom stereocenters. The average Bonchev–Trinajstić information content (AvgIpc) is 2.78. The number of alkyl halides is 6. The molecule has 0 spiro atoms. The summed E-state index contributed by atoms with van der Waals surface area (Å²) in [6, 6.07) is 7.64. The Morgan fingerprint density at radius 3 is 1.26 bits per heavy atom. The minimum Gasteiger partial charge on any atom is -0.504 e. The molecule has 0 aliphatic rings. The number of halogens is 6. The Morgan fingerprint density at radius 2 is 0.903 bits per heavy atom. The monoisotopic (exact) mass is 442 g/mol. The Morgan fingerprint density at radius 1 is 0.548 bits per heavy atom. The van der Waals surface area contributed by atoms with Gasteiger partial charge in [-0.25, -0.2) is 0 Å². The molecule has 10 heteroatoms. The van der Waals surface area contributed by atoms with Crippen LogP contribution in [-0.4, -0.2) is 15.3 Å².